The highest BCUT2D eigenvalue weighted by Crippen LogP contribution is 2.42. The number of fused-ring (bicyclic) bond motifs is 1. The minimum atomic E-state index is -3.02. The number of amides is 1. The third-order valence-corrected chi connectivity index (χ3v) is 7.16. The monoisotopic (exact) mass is 338 g/mol. The van der Waals surface area contributed by atoms with Crippen LogP contribution in [0.5, 0.6) is 0 Å². The summed E-state index contributed by atoms with van der Waals surface area (Å²) in [5.41, 5.74) is 2.09. The van der Waals surface area contributed by atoms with Gasteiger partial charge in [-0.1, -0.05) is 36.9 Å². The molecule has 0 aliphatic carbocycles. The number of benzene rings is 1. The lowest BCUT2D eigenvalue weighted by atomic mass is 10.1. The largest absolute Gasteiger partial charge is 0.315 e. The third kappa shape index (κ3) is 2.79. The minimum Gasteiger partial charge on any atom is -0.315 e. The highest BCUT2D eigenvalue weighted by atomic mass is 32.2. The van der Waals surface area contributed by atoms with Gasteiger partial charge in [-0.05, 0) is 18.1 Å². The van der Waals surface area contributed by atoms with Crippen molar-refractivity contribution in [3.05, 3.63) is 29.8 Å². The lowest BCUT2D eigenvalue weighted by Crippen LogP contribution is -2.38. The summed E-state index contributed by atoms with van der Waals surface area (Å²) in [5, 5.41) is 0.575. The quantitative estimate of drug-likeness (QED) is 0.823. The van der Waals surface area contributed by atoms with Gasteiger partial charge in [-0.15, -0.1) is 0 Å². The van der Waals surface area contributed by atoms with Crippen LogP contribution in [0.15, 0.2) is 29.3 Å². The van der Waals surface area contributed by atoms with Crippen molar-refractivity contribution in [1.82, 2.24) is 0 Å². The molecule has 0 N–H and O–H groups in total. The topological polar surface area (TPSA) is 66.8 Å². The molecule has 1 aromatic rings. The molecular formula is C15H18N2O3S2. The Balaban J connectivity index is 2.08. The number of para-hydroxylation sites is 1. The molecule has 0 unspecified atom stereocenters. The van der Waals surface area contributed by atoms with E-state index in [-0.39, 0.29) is 28.7 Å². The van der Waals surface area contributed by atoms with Gasteiger partial charge in [-0.3, -0.25) is 4.79 Å². The first-order valence-electron chi connectivity index (χ1n) is 7.25. The number of thioether (sulfide) groups is 1. The van der Waals surface area contributed by atoms with Gasteiger partial charge in [-0.2, -0.15) is 4.99 Å². The van der Waals surface area contributed by atoms with Crippen LogP contribution >= 0.6 is 11.8 Å². The number of amidine groups is 1. The Kier molecular flexibility index (Phi) is 4.03. The molecule has 7 heteroatoms. The van der Waals surface area contributed by atoms with Crippen LogP contribution in [0.25, 0.3) is 0 Å². The maximum Gasteiger partial charge on any atom is 0.244 e. The van der Waals surface area contributed by atoms with Gasteiger partial charge in [0.2, 0.25) is 5.91 Å². The first kappa shape index (κ1) is 15.6. The van der Waals surface area contributed by atoms with Crippen molar-refractivity contribution in [3.8, 4) is 0 Å². The van der Waals surface area contributed by atoms with E-state index in [1.807, 2.05) is 29.2 Å². The zero-order valence-electron chi connectivity index (χ0n) is 12.5. The Morgan fingerprint density at radius 1 is 1.36 bits per heavy atom. The molecule has 2 aliphatic rings. The number of carbonyl (C=O) groups excluding carboxylic acids is 1. The Bertz CT molecular complexity index is 743. The van der Waals surface area contributed by atoms with E-state index >= 15 is 0 Å². The molecule has 118 valence electrons. The van der Waals surface area contributed by atoms with Crippen LogP contribution < -0.4 is 4.90 Å². The SMILES string of the molecule is CCc1ccccc1N1C(=NC(C)=O)S[C@H]2CS(=O)(=O)C[C@H]21. The van der Waals surface area contributed by atoms with Gasteiger partial charge in [0.05, 0.1) is 17.5 Å². The standard InChI is InChI=1S/C15H18N2O3S2/c1-3-11-6-4-5-7-12(11)17-13-8-22(19,20)9-14(13)21-15(17)16-10(2)18/h4-7,13-14H,3,8-9H2,1-2H3/t13-,14+/m1/s1. The third-order valence-electron chi connectivity index (χ3n) is 3.95. The minimum absolute atomic E-state index is 0.0481. The normalized spacial score (nSPS) is 28.1. The van der Waals surface area contributed by atoms with Crippen molar-refractivity contribution in [2.75, 3.05) is 16.4 Å². The van der Waals surface area contributed by atoms with Crippen LogP contribution in [-0.2, 0) is 21.1 Å². The number of rotatable bonds is 2. The first-order valence-corrected chi connectivity index (χ1v) is 9.95. The van der Waals surface area contributed by atoms with Gasteiger partial charge in [0, 0.05) is 17.9 Å². The molecule has 1 amide bonds. The molecule has 5 nitrogen and oxygen atoms in total. The van der Waals surface area contributed by atoms with Gasteiger partial charge in [0.15, 0.2) is 15.0 Å². The number of anilines is 1. The molecule has 0 saturated carbocycles. The Hall–Kier alpha value is -1.34. The van der Waals surface area contributed by atoms with Crippen LogP contribution in [0.4, 0.5) is 5.69 Å². The van der Waals surface area contributed by atoms with Crippen molar-refractivity contribution in [3.63, 3.8) is 0 Å². The van der Waals surface area contributed by atoms with Crippen LogP contribution in [0.3, 0.4) is 0 Å². The maximum atomic E-state index is 12.0. The smallest absolute Gasteiger partial charge is 0.244 e. The van der Waals surface area contributed by atoms with E-state index in [0.29, 0.717) is 5.17 Å². The molecule has 2 atom stereocenters. The number of aryl methyl sites for hydroxylation is 1. The predicted octanol–water partition coefficient (Wildman–Crippen LogP) is 1.87. The maximum absolute atomic E-state index is 12.0. The summed E-state index contributed by atoms with van der Waals surface area (Å²) in [4.78, 5) is 17.5. The zero-order valence-corrected chi connectivity index (χ0v) is 14.2. The molecule has 1 aromatic carbocycles. The number of hydrogen-bond acceptors (Lipinski definition) is 4. The molecule has 3 rings (SSSR count). The van der Waals surface area contributed by atoms with Crippen molar-refractivity contribution >= 4 is 38.4 Å². The number of nitrogens with zero attached hydrogens (tertiary/aromatic N) is 2. The Labute approximate surface area is 134 Å². The molecule has 2 fully saturated rings. The summed E-state index contributed by atoms with van der Waals surface area (Å²) in [5.74, 6) is 0.0215. The molecule has 2 aliphatic heterocycles. The number of aliphatic imine (C=N–C) groups is 1. The van der Waals surface area contributed by atoms with E-state index in [0.717, 1.165) is 17.7 Å². The lowest BCUT2D eigenvalue weighted by Gasteiger charge is -2.26. The first-order chi connectivity index (χ1) is 10.4. The van der Waals surface area contributed by atoms with Gasteiger partial charge >= 0.3 is 0 Å². The van der Waals surface area contributed by atoms with Crippen LogP contribution in [0.1, 0.15) is 19.4 Å². The van der Waals surface area contributed by atoms with Crippen molar-refractivity contribution in [1.29, 1.82) is 0 Å². The second-order valence-corrected chi connectivity index (χ2v) is 8.93. The van der Waals surface area contributed by atoms with Gasteiger partial charge < -0.3 is 4.90 Å². The van der Waals surface area contributed by atoms with Crippen LogP contribution in [-0.4, -0.2) is 42.3 Å². The highest BCUT2D eigenvalue weighted by molar-refractivity contribution is 8.16. The van der Waals surface area contributed by atoms with E-state index in [2.05, 4.69) is 11.9 Å². The molecule has 0 bridgehead atoms. The molecule has 0 aromatic heterocycles. The van der Waals surface area contributed by atoms with E-state index < -0.39 is 9.84 Å². The number of sulfone groups is 1. The summed E-state index contributed by atoms with van der Waals surface area (Å²) in [6.45, 7) is 3.48. The summed E-state index contributed by atoms with van der Waals surface area (Å²) < 4.78 is 23.9. The van der Waals surface area contributed by atoms with E-state index in [1.54, 1.807) is 0 Å². The lowest BCUT2D eigenvalue weighted by molar-refractivity contribution is -0.115. The molecule has 2 saturated heterocycles. The zero-order chi connectivity index (χ0) is 15.9. The summed E-state index contributed by atoms with van der Waals surface area (Å²) in [7, 11) is -3.02. The average molecular weight is 338 g/mol. The van der Waals surface area contributed by atoms with E-state index in [1.165, 1.54) is 18.7 Å². The summed E-state index contributed by atoms with van der Waals surface area (Å²) in [6, 6.07) is 7.77. The second-order valence-electron chi connectivity index (χ2n) is 5.57. The fourth-order valence-electron chi connectivity index (χ4n) is 3.03. The average Bonchev–Trinajstić information content (AvgIpc) is 2.89. The fraction of sp³-hybridized carbons (Fsp3) is 0.467. The summed E-state index contributed by atoms with van der Waals surface area (Å²) in [6.07, 6.45) is 0.842. The molecule has 0 radical (unpaired) electrons. The van der Waals surface area contributed by atoms with Crippen molar-refractivity contribution < 1.29 is 13.2 Å². The van der Waals surface area contributed by atoms with E-state index in [4.69, 9.17) is 0 Å². The second kappa shape index (κ2) is 5.70. The van der Waals surface area contributed by atoms with Crippen LogP contribution in [0.2, 0.25) is 0 Å². The van der Waals surface area contributed by atoms with E-state index in [9.17, 15) is 13.2 Å². The molecule has 2 heterocycles. The van der Waals surface area contributed by atoms with Gasteiger partial charge in [0.1, 0.15) is 0 Å². The Morgan fingerprint density at radius 2 is 2.09 bits per heavy atom. The fourth-order valence-corrected chi connectivity index (χ4v) is 6.98. The van der Waals surface area contributed by atoms with Gasteiger partial charge in [0.25, 0.3) is 0 Å². The number of carbonyl (C=O) groups is 1. The molecular weight excluding hydrogens is 320 g/mol. The van der Waals surface area contributed by atoms with Crippen molar-refractivity contribution in [2.45, 2.75) is 31.6 Å². The highest BCUT2D eigenvalue weighted by Gasteiger charge is 2.49. The molecule has 0 spiro atoms. The summed E-state index contributed by atoms with van der Waals surface area (Å²) >= 11 is 1.41. The van der Waals surface area contributed by atoms with Gasteiger partial charge in [-0.25, -0.2) is 8.42 Å². The van der Waals surface area contributed by atoms with Crippen molar-refractivity contribution in [2.24, 2.45) is 4.99 Å². The molecule has 22 heavy (non-hydrogen) atoms. The Morgan fingerprint density at radius 3 is 2.77 bits per heavy atom. The van der Waals surface area contributed by atoms with Crippen LogP contribution in [0, 0.1) is 0 Å². The number of hydrogen-bond donors (Lipinski definition) is 0. The predicted molar refractivity (Wildman–Crippen MR) is 90.2 cm³/mol.